The number of nitrogens with zero attached hydrogens (tertiary/aromatic N) is 1. The maximum Gasteiger partial charge on any atom is 0.230 e. The number of thioether (sulfide) groups is 1. The minimum Gasteiger partial charge on any atom is -0.346 e. The summed E-state index contributed by atoms with van der Waals surface area (Å²) >= 11 is 1.58. The molecule has 5 heteroatoms. The van der Waals surface area contributed by atoms with Gasteiger partial charge in [0.25, 0.3) is 0 Å². The molecule has 0 radical (unpaired) electrons. The Bertz CT molecular complexity index is 825. The van der Waals surface area contributed by atoms with E-state index in [0.29, 0.717) is 5.75 Å². The standard InChI is InChI=1S/C20H23N3OS/c1-14(19-21-16-11-7-8-12-17(16)22-19)25-13-18(24)23-20(2,3)15-9-5-4-6-10-15/h4-12,14H,13H2,1-3H3,(H,21,22)(H,23,24). The van der Waals surface area contributed by atoms with Crippen molar-refractivity contribution in [1.29, 1.82) is 0 Å². The molecule has 0 aliphatic carbocycles. The van der Waals surface area contributed by atoms with Crippen LogP contribution in [0.15, 0.2) is 54.6 Å². The molecule has 1 unspecified atom stereocenters. The third-order valence-corrected chi connectivity index (χ3v) is 5.36. The summed E-state index contributed by atoms with van der Waals surface area (Å²) < 4.78 is 0. The van der Waals surface area contributed by atoms with Crippen molar-refractivity contribution >= 4 is 28.7 Å². The Morgan fingerprint density at radius 1 is 1.16 bits per heavy atom. The number of benzene rings is 2. The van der Waals surface area contributed by atoms with E-state index in [1.54, 1.807) is 11.8 Å². The Labute approximate surface area is 152 Å². The first-order valence-corrected chi connectivity index (χ1v) is 9.43. The first-order valence-electron chi connectivity index (χ1n) is 8.38. The zero-order valence-electron chi connectivity index (χ0n) is 14.7. The van der Waals surface area contributed by atoms with E-state index in [2.05, 4.69) is 22.2 Å². The smallest absolute Gasteiger partial charge is 0.230 e. The van der Waals surface area contributed by atoms with E-state index in [4.69, 9.17) is 0 Å². The number of aromatic nitrogens is 2. The molecule has 25 heavy (non-hydrogen) atoms. The first kappa shape index (κ1) is 17.5. The Kier molecular flexibility index (Phi) is 5.13. The topological polar surface area (TPSA) is 57.8 Å². The fraction of sp³-hybridized carbons (Fsp3) is 0.300. The fourth-order valence-electron chi connectivity index (χ4n) is 2.76. The number of nitrogens with one attached hydrogen (secondary N) is 2. The van der Waals surface area contributed by atoms with Crippen LogP contribution in [-0.4, -0.2) is 21.6 Å². The molecule has 1 atom stereocenters. The predicted octanol–water partition coefficient (Wildman–Crippen LogP) is 4.41. The van der Waals surface area contributed by atoms with Gasteiger partial charge < -0.3 is 10.3 Å². The number of para-hydroxylation sites is 2. The second-order valence-corrected chi connectivity index (χ2v) is 7.96. The summed E-state index contributed by atoms with van der Waals surface area (Å²) in [6.07, 6.45) is 0. The number of hydrogen-bond acceptors (Lipinski definition) is 3. The molecule has 3 rings (SSSR count). The van der Waals surface area contributed by atoms with Gasteiger partial charge >= 0.3 is 0 Å². The van der Waals surface area contributed by atoms with Gasteiger partial charge in [-0.1, -0.05) is 42.5 Å². The highest BCUT2D eigenvalue weighted by molar-refractivity contribution is 8.00. The number of hydrogen-bond donors (Lipinski definition) is 2. The van der Waals surface area contributed by atoms with E-state index in [-0.39, 0.29) is 16.7 Å². The van der Waals surface area contributed by atoms with Crippen LogP contribution in [0.5, 0.6) is 0 Å². The summed E-state index contributed by atoms with van der Waals surface area (Å²) in [7, 11) is 0. The van der Waals surface area contributed by atoms with Crippen LogP contribution in [0, 0.1) is 0 Å². The average Bonchev–Trinajstić information content (AvgIpc) is 3.04. The Morgan fingerprint density at radius 2 is 1.84 bits per heavy atom. The molecule has 0 spiro atoms. The molecule has 3 aromatic rings. The van der Waals surface area contributed by atoms with Crippen LogP contribution < -0.4 is 5.32 Å². The minimum atomic E-state index is -0.387. The summed E-state index contributed by atoms with van der Waals surface area (Å²) in [4.78, 5) is 20.3. The molecule has 2 N–H and O–H groups in total. The van der Waals surface area contributed by atoms with Crippen molar-refractivity contribution in [3.63, 3.8) is 0 Å². The van der Waals surface area contributed by atoms with Gasteiger partial charge in [0.1, 0.15) is 5.82 Å². The van der Waals surface area contributed by atoms with Gasteiger partial charge in [0, 0.05) is 0 Å². The molecule has 0 bridgehead atoms. The SMILES string of the molecule is CC(SCC(=O)NC(C)(C)c1ccccc1)c1nc2ccccc2[nH]1. The number of H-pyrrole nitrogens is 1. The quantitative estimate of drug-likeness (QED) is 0.690. The molecule has 2 aromatic carbocycles. The lowest BCUT2D eigenvalue weighted by molar-refractivity contribution is -0.120. The first-order chi connectivity index (χ1) is 12.0. The molecular formula is C20H23N3OS. The van der Waals surface area contributed by atoms with E-state index in [1.807, 2.05) is 68.4 Å². The van der Waals surface area contributed by atoms with Gasteiger partial charge in [-0.15, -0.1) is 11.8 Å². The number of carbonyl (C=O) groups excluding carboxylic acids is 1. The largest absolute Gasteiger partial charge is 0.346 e. The van der Waals surface area contributed by atoms with Crippen molar-refractivity contribution in [2.45, 2.75) is 31.6 Å². The summed E-state index contributed by atoms with van der Waals surface area (Å²) in [5.74, 6) is 1.33. The number of aromatic amines is 1. The summed E-state index contributed by atoms with van der Waals surface area (Å²) in [5, 5.41) is 3.24. The fourth-order valence-corrected chi connectivity index (χ4v) is 3.50. The third kappa shape index (κ3) is 4.23. The maximum atomic E-state index is 12.4. The minimum absolute atomic E-state index is 0.0295. The number of imidazole rings is 1. The maximum absolute atomic E-state index is 12.4. The van der Waals surface area contributed by atoms with Gasteiger partial charge in [-0.2, -0.15) is 0 Å². The highest BCUT2D eigenvalue weighted by atomic mass is 32.2. The van der Waals surface area contributed by atoms with Crippen molar-refractivity contribution in [3.05, 3.63) is 66.0 Å². The van der Waals surface area contributed by atoms with E-state index in [1.165, 1.54) is 0 Å². The Morgan fingerprint density at radius 3 is 2.56 bits per heavy atom. The lowest BCUT2D eigenvalue weighted by Gasteiger charge is -2.27. The third-order valence-electron chi connectivity index (χ3n) is 4.20. The molecule has 130 valence electrons. The molecule has 0 aliphatic rings. The molecule has 1 heterocycles. The van der Waals surface area contributed by atoms with Crippen LogP contribution in [0.25, 0.3) is 11.0 Å². The van der Waals surface area contributed by atoms with Gasteiger partial charge in [-0.3, -0.25) is 4.79 Å². The number of fused-ring (bicyclic) bond motifs is 1. The van der Waals surface area contributed by atoms with Gasteiger partial charge in [0.05, 0.1) is 27.6 Å². The van der Waals surface area contributed by atoms with Crippen molar-refractivity contribution < 1.29 is 4.79 Å². The molecule has 0 fully saturated rings. The zero-order chi connectivity index (χ0) is 17.9. The summed E-state index contributed by atoms with van der Waals surface area (Å²) in [6, 6.07) is 18.0. The van der Waals surface area contributed by atoms with Crippen LogP contribution in [0.2, 0.25) is 0 Å². The van der Waals surface area contributed by atoms with Gasteiger partial charge in [-0.25, -0.2) is 4.98 Å². The molecular weight excluding hydrogens is 330 g/mol. The molecule has 4 nitrogen and oxygen atoms in total. The van der Waals surface area contributed by atoms with Crippen LogP contribution in [-0.2, 0) is 10.3 Å². The van der Waals surface area contributed by atoms with E-state index >= 15 is 0 Å². The monoisotopic (exact) mass is 353 g/mol. The summed E-state index contributed by atoms with van der Waals surface area (Å²) in [6.45, 7) is 6.11. The van der Waals surface area contributed by atoms with Gasteiger partial charge in [0.15, 0.2) is 0 Å². The lowest BCUT2D eigenvalue weighted by Crippen LogP contribution is -2.41. The number of rotatable bonds is 6. The highest BCUT2D eigenvalue weighted by Crippen LogP contribution is 2.28. The van der Waals surface area contributed by atoms with Crippen LogP contribution in [0.3, 0.4) is 0 Å². The second-order valence-electron chi connectivity index (χ2n) is 6.63. The predicted molar refractivity (Wildman–Crippen MR) is 105 cm³/mol. The van der Waals surface area contributed by atoms with Crippen molar-refractivity contribution in [1.82, 2.24) is 15.3 Å². The van der Waals surface area contributed by atoms with E-state index in [0.717, 1.165) is 22.4 Å². The van der Waals surface area contributed by atoms with Crippen LogP contribution in [0.1, 0.15) is 37.4 Å². The normalized spacial score (nSPS) is 12.9. The lowest BCUT2D eigenvalue weighted by atomic mass is 9.94. The average molecular weight is 353 g/mol. The van der Waals surface area contributed by atoms with Crippen LogP contribution >= 0.6 is 11.8 Å². The number of amides is 1. The zero-order valence-corrected chi connectivity index (χ0v) is 15.6. The summed E-state index contributed by atoms with van der Waals surface area (Å²) in [5.41, 5.74) is 2.69. The molecule has 0 aliphatic heterocycles. The Hall–Kier alpha value is -2.27. The van der Waals surface area contributed by atoms with Gasteiger partial charge in [0.2, 0.25) is 5.91 Å². The molecule has 0 saturated carbocycles. The Balaban J connectivity index is 1.58. The van der Waals surface area contributed by atoms with Crippen molar-refractivity contribution in [3.8, 4) is 0 Å². The second kappa shape index (κ2) is 7.31. The molecule has 0 saturated heterocycles. The number of carbonyl (C=O) groups is 1. The van der Waals surface area contributed by atoms with Gasteiger partial charge in [-0.05, 0) is 38.5 Å². The molecule has 1 amide bonds. The van der Waals surface area contributed by atoms with Crippen LogP contribution in [0.4, 0.5) is 0 Å². The van der Waals surface area contributed by atoms with Crippen molar-refractivity contribution in [2.24, 2.45) is 0 Å². The highest BCUT2D eigenvalue weighted by Gasteiger charge is 2.23. The van der Waals surface area contributed by atoms with Crippen molar-refractivity contribution in [2.75, 3.05) is 5.75 Å². The van der Waals surface area contributed by atoms with E-state index in [9.17, 15) is 4.79 Å². The van der Waals surface area contributed by atoms with E-state index < -0.39 is 0 Å². The molecule has 1 aromatic heterocycles.